The summed E-state index contributed by atoms with van der Waals surface area (Å²) in [4.78, 5) is 71.0. The lowest BCUT2D eigenvalue weighted by Gasteiger charge is -2.17. The third-order valence-corrected chi connectivity index (χ3v) is 5.34. The fourth-order valence-corrected chi connectivity index (χ4v) is 3.34. The maximum absolute atomic E-state index is 12.4. The Bertz CT molecular complexity index is 1190. The number of halogens is 1. The van der Waals surface area contributed by atoms with Crippen LogP contribution in [0, 0.1) is 16.0 Å². The highest BCUT2D eigenvalue weighted by Crippen LogP contribution is 2.20. The maximum Gasteiger partial charge on any atom is 0.311 e. The minimum Gasteiger partial charge on any atom is -0.455 e. The van der Waals surface area contributed by atoms with Gasteiger partial charge in [-0.2, -0.15) is 0 Å². The molecular weight excluding hydrogens is 530 g/mol. The highest BCUT2D eigenvalue weighted by atomic mass is 79.9. The van der Waals surface area contributed by atoms with E-state index in [1.54, 1.807) is 12.1 Å². The number of ether oxygens (including phenoxy) is 1. The molecule has 1 aliphatic heterocycles. The summed E-state index contributed by atoms with van der Waals surface area (Å²) in [5, 5.41) is 12.0. The van der Waals surface area contributed by atoms with Crippen LogP contribution in [0.2, 0.25) is 0 Å². The maximum atomic E-state index is 12.4. The zero-order valence-corrected chi connectivity index (χ0v) is 19.4. The molecule has 0 aromatic heterocycles. The molecule has 1 aliphatic rings. The zero-order valence-electron chi connectivity index (χ0n) is 17.9. The highest BCUT2D eigenvalue weighted by Gasteiger charge is 2.37. The lowest BCUT2D eigenvalue weighted by atomic mass is 10.1. The Morgan fingerprint density at radius 2 is 1.74 bits per heavy atom. The van der Waals surface area contributed by atoms with Crippen molar-refractivity contribution in [2.45, 2.75) is 6.42 Å². The van der Waals surface area contributed by atoms with Crippen LogP contribution in [-0.4, -0.2) is 52.7 Å². The Labute approximate surface area is 206 Å². The minimum atomic E-state index is -0.973. The van der Waals surface area contributed by atoms with Gasteiger partial charge in [-0.05, 0) is 30.3 Å². The van der Waals surface area contributed by atoms with E-state index in [4.69, 9.17) is 4.74 Å². The monoisotopic (exact) mass is 547 g/mol. The van der Waals surface area contributed by atoms with E-state index >= 15 is 0 Å². The van der Waals surface area contributed by atoms with Crippen LogP contribution in [0.4, 0.5) is 5.69 Å². The van der Waals surface area contributed by atoms with Crippen molar-refractivity contribution in [2.75, 3.05) is 13.2 Å². The molecule has 14 heteroatoms. The van der Waals surface area contributed by atoms with E-state index < -0.39 is 52.7 Å². The molecule has 0 saturated carbocycles. The van der Waals surface area contributed by atoms with Gasteiger partial charge >= 0.3 is 5.97 Å². The lowest BCUT2D eigenvalue weighted by molar-refractivity contribution is -0.385. The van der Waals surface area contributed by atoms with Gasteiger partial charge in [0.2, 0.25) is 5.91 Å². The summed E-state index contributed by atoms with van der Waals surface area (Å²) in [5.74, 6) is -4.72. The topological polar surface area (TPSA) is 177 Å². The smallest absolute Gasteiger partial charge is 0.311 e. The number of nitro benzene ring substituents is 1. The summed E-state index contributed by atoms with van der Waals surface area (Å²) in [7, 11) is 0. The van der Waals surface area contributed by atoms with Crippen LogP contribution in [0.15, 0.2) is 53.0 Å². The van der Waals surface area contributed by atoms with E-state index in [-0.39, 0.29) is 24.1 Å². The average molecular weight is 548 g/mol. The Hall–Kier alpha value is -4.33. The van der Waals surface area contributed by atoms with Crippen LogP contribution < -0.4 is 16.3 Å². The van der Waals surface area contributed by atoms with Crippen molar-refractivity contribution in [3.05, 3.63) is 74.2 Å². The Kier molecular flexibility index (Phi) is 8.09. The van der Waals surface area contributed by atoms with Gasteiger partial charge in [0.1, 0.15) is 5.56 Å². The molecule has 1 heterocycles. The summed E-state index contributed by atoms with van der Waals surface area (Å²) < 4.78 is 5.66. The molecule has 4 amide bonds. The van der Waals surface area contributed by atoms with Crippen molar-refractivity contribution in [3.63, 3.8) is 0 Å². The number of hydrogen-bond donors (Lipinski definition) is 3. The van der Waals surface area contributed by atoms with Gasteiger partial charge in [0.15, 0.2) is 6.61 Å². The molecular formula is C21H18BrN5O8. The van der Waals surface area contributed by atoms with Gasteiger partial charge in [-0.25, -0.2) is 0 Å². The van der Waals surface area contributed by atoms with Gasteiger partial charge in [0.25, 0.3) is 23.4 Å². The van der Waals surface area contributed by atoms with Gasteiger partial charge in [0, 0.05) is 22.5 Å². The van der Waals surface area contributed by atoms with Crippen molar-refractivity contribution < 1.29 is 33.6 Å². The van der Waals surface area contributed by atoms with E-state index in [1.165, 1.54) is 30.3 Å². The second-order valence-electron chi connectivity index (χ2n) is 7.24. The number of amides is 4. The second-order valence-corrected chi connectivity index (χ2v) is 8.15. The van der Waals surface area contributed by atoms with Crippen LogP contribution in [0.5, 0.6) is 0 Å². The van der Waals surface area contributed by atoms with Crippen LogP contribution >= 0.6 is 15.9 Å². The molecule has 1 fully saturated rings. The Morgan fingerprint density at radius 1 is 1.06 bits per heavy atom. The number of nitrogens with one attached hydrogen (secondary N) is 3. The van der Waals surface area contributed by atoms with Crippen molar-refractivity contribution in [1.29, 1.82) is 0 Å². The number of esters is 1. The summed E-state index contributed by atoms with van der Waals surface area (Å²) in [6.45, 7) is -0.960. The van der Waals surface area contributed by atoms with Crippen LogP contribution in [0.25, 0.3) is 0 Å². The first-order chi connectivity index (χ1) is 16.7. The van der Waals surface area contributed by atoms with E-state index in [1.807, 2.05) is 0 Å². The summed E-state index contributed by atoms with van der Waals surface area (Å²) in [5.41, 5.74) is 6.12. The van der Waals surface area contributed by atoms with Gasteiger partial charge in [0.05, 0.1) is 17.4 Å². The molecule has 0 radical (unpaired) electrons. The molecule has 0 unspecified atom stereocenters. The highest BCUT2D eigenvalue weighted by molar-refractivity contribution is 9.10. The first-order valence-corrected chi connectivity index (χ1v) is 10.8. The molecule has 3 rings (SSSR count). The molecule has 0 aliphatic carbocycles. The molecule has 13 nitrogen and oxygen atoms in total. The standard InChI is InChI=1S/C21H18BrN5O8/c22-14-7-5-12(6-8-14)19(30)24-23-17(28)11-35-21(32)13-9-18(29)26(10-13)25-20(31)15-3-1-2-4-16(15)27(33)34/h1-8,13H,9-11H2,(H,23,28)(H,24,30)(H,25,31)/t13-/m0/s1. The number of carbonyl (C=O) groups is 5. The number of hydrogen-bond acceptors (Lipinski definition) is 8. The Balaban J connectivity index is 1.46. The average Bonchev–Trinajstić information content (AvgIpc) is 3.21. The van der Waals surface area contributed by atoms with Crippen molar-refractivity contribution in [2.24, 2.45) is 5.92 Å². The molecule has 3 N–H and O–H groups in total. The summed E-state index contributed by atoms with van der Waals surface area (Å²) in [6, 6.07) is 11.6. The quantitative estimate of drug-likeness (QED) is 0.259. The molecule has 182 valence electrons. The molecule has 1 saturated heterocycles. The predicted octanol–water partition coefficient (Wildman–Crippen LogP) is 0.855. The largest absolute Gasteiger partial charge is 0.455 e. The number of nitro groups is 1. The Morgan fingerprint density at radius 3 is 2.43 bits per heavy atom. The molecule has 35 heavy (non-hydrogen) atoms. The fourth-order valence-electron chi connectivity index (χ4n) is 3.07. The van der Waals surface area contributed by atoms with E-state index in [9.17, 15) is 34.1 Å². The number of rotatable bonds is 7. The number of para-hydroxylation sites is 1. The van der Waals surface area contributed by atoms with Gasteiger partial charge < -0.3 is 4.74 Å². The lowest BCUT2D eigenvalue weighted by Crippen LogP contribution is -2.44. The molecule has 1 atom stereocenters. The molecule has 0 spiro atoms. The number of carbonyl (C=O) groups excluding carboxylic acids is 5. The molecule has 0 bridgehead atoms. The van der Waals surface area contributed by atoms with E-state index in [2.05, 4.69) is 32.2 Å². The van der Waals surface area contributed by atoms with Crippen molar-refractivity contribution >= 4 is 51.2 Å². The van der Waals surface area contributed by atoms with Crippen LogP contribution in [-0.2, 0) is 19.1 Å². The SMILES string of the molecule is O=C(COC(=O)[C@H]1CC(=O)N(NC(=O)c2ccccc2[N+](=O)[O-])C1)NNC(=O)c1ccc(Br)cc1. The van der Waals surface area contributed by atoms with Gasteiger partial charge in [-0.1, -0.05) is 28.1 Å². The predicted molar refractivity (Wildman–Crippen MR) is 121 cm³/mol. The normalized spacial score (nSPS) is 14.7. The van der Waals surface area contributed by atoms with Gasteiger partial charge in [-0.3, -0.25) is 55.4 Å². The number of benzene rings is 2. The van der Waals surface area contributed by atoms with Crippen molar-refractivity contribution in [3.8, 4) is 0 Å². The second kappa shape index (κ2) is 11.2. The molecule has 2 aromatic rings. The third-order valence-electron chi connectivity index (χ3n) is 4.81. The zero-order chi connectivity index (χ0) is 25.5. The first-order valence-electron chi connectivity index (χ1n) is 10.0. The van der Waals surface area contributed by atoms with Crippen molar-refractivity contribution in [1.82, 2.24) is 21.3 Å². The first kappa shape index (κ1) is 25.3. The van der Waals surface area contributed by atoms with E-state index in [0.29, 0.717) is 0 Å². The molecule has 2 aromatic carbocycles. The van der Waals surface area contributed by atoms with E-state index in [0.717, 1.165) is 15.5 Å². The van der Waals surface area contributed by atoms with Crippen LogP contribution in [0.3, 0.4) is 0 Å². The number of nitrogens with zero attached hydrogens (tertiary/aromatic N) is 2. The number of hydrazine groups is 2. The third kappa shape index (κ3) is 6.60. The summed E-state index contributed by atoms with van der Waals surface area (Å²) >= 11 is 3.24. The van der Waals surface area contributed by atoms with Crippen LogP contribution in [0.1, 0.15) is 27.1 Å². The van der Waals surface area contributed by atoms with Gasteiger partial charge in [-0.15, -0.1) is 0 Å². The minimum absolute atomic E-state index is 0.244. The fraction of sp³-hybridized carbons (Fsp3) is 0.190. The summed E-state index contributed by atoms with van der Waals surface area (Å²) in [6.07, 6.45) is -0.294.